The van der Waals surface area contributed by atoms with Crippen molar-refractivity contribution in [2.45, 2.75) is 48.1 Å². The molecule has 2 N–H and O–H groups in total. The predicted molar refractivity (Wildman–Crippen MR) is 190 cm³/mol. The summed E-state index contributed by atoms with van der Waals surface area (Å²) in [6.45, 7) is 11.3. The van der Waals surface area contributed by atoms with Crippen LogP contribution >= 0.6 is 0 Å². The van der Waals surface area contributed by atoms with Crippen molar-refractivity contribution in [2.75, 3.05) is 10.6 Å². The van der Waals surface area contributed by atoms with Gasteiger partial charge in [-0.2, -0.15) is 0 Å². The highest BCUT2D eigenvalue weighted by molar-refractivity contribution is 6.09. The van der Waals surface area contributed by atoms with Crippen LogP contribution in [-0.2, 0) is 11.3 Å². The fourth-order valence-corrected chi connectivity index (χ4v) is 5.90. The van der Waals surface area contributed by atoms with E-state index >= 15 is 0 Å². The third-order valence-corrected chi connectivity index (χ3v) is 8.18. The van der Waals surface area contributed by atoms with Gasteiger partial charge in [-0.1, -0.05) is 58.7 Å². The van der Waals surface area contributed by atoms with Gasteiger partial charge in [0.1, 0.15) is 6.61 Å². The Morgan fingerprint density at radius 2 is 1.02 bits per heavy atom. The lowest BCUT2D eigenvalue weighted by atomic mass is 10.0. The number of nitrogens with zero attached hydrogens (tertiary/aromatic N) is 2. The van der Waals surface area contributed by atoms with Crippen LogP contribution in [0, 0.1) is 41.5 Å². The fraction of sp³-hybridized carbons (Fsp3) is 0.175. The van der Waals surface area contributed by atoms with E-state index in [9.17, 15) is 14.4 Å². The van der Waals surface area contributed by atoms with Crippen molar-refractivity contribution in [1.29, 1.82) is 0 Å². The summed E-state index contributed by atoms with van der Waals surface area (Å²) < 4.78 is 5.74. The minimum atomic E-state index is -0.632. The van der Waals surface area contributed by atoms with E-state index < -0.39 is 5.97 Å². The summed E-state index contributed by atoms with van der Waals surface area (Å²) in [6.07, 6.45) is 0. The number of nitrogens with one attached hydrogen (secondary N) is 2. The molecule has 2 heterocycles. The number of carbonyl (C=O) groups excluding carboxylic acids is 3. The number of fused-ring (bicyclic) bond motifs is 3. The Labute approximate surface area is 279 Å². The molecule has 6 aromatic rings. The van der Waals surface area contributed by atoms with Gasteiger partial charge in [0.15, 0.2) is 0 Å². The van der Waals surface area contributed by atoms with Crippen LogP contribution in [0.25, 0.3) is 21.8 Å². The highest BCUT2D eigenvalue weighted by Crippen LogP contribution is 2.29. The maximum absolute atomic E-state index is 13.6. The van der Waals surface area contributed by atoms with E-state index in [0.717, 1.165) is 49.8 Å². The van der Waals surface area contributed by atoms with Gasteiger partial charge >= 0.3 is 5.97 Å². The first-order valence-corrected chi connectivity index (χ1v) is 15.7. The maximum atomic E-state index is 13.6. The lowest BCUT2D eigenvalue weighted by Crippen LogP contribution is -2.18. The molecular weight excluding hydrogens is 600 g/mol. The molecule has 0 aliphatic carbocycles. The summed E-state index contributed by atoms with van der Waals surface area (Å²) in [7, 11) is 0. The van der Waals surface area contributed by atoms with Crippen molar-refractivity contribution in [3.8, 4) is 0 Å². The van der Waals surface area contributed by atoms with E-state index in [1.54, 1.807) is 43.3 Å². The molecule has 0 aliphatic heterocycles. The van der Waals surface area contributed by atoms with Crippen LogP contribution in [0.1, 0.15) is 70.3 Å². The number of hydrogen-bond donors (Lipinski definition) is 2. The van der Waals surface area contributed by atoms with E-state index in [4.69, 9.17) is 9.72 Å². The second-order valence-corrected chi connectivity index (χ2v) is 12.4. The van der Waals surface area contributed by atoms with Gasteiger partial charge in [-0.3, -0.25) is 14.6 Å². The molecule has 0 unspecified atom stereocenters. The summed E-state index contributed by atoms with van der Waals surface area (Å²) in [5.41, 5.74) is 9.26. The Kier molecular flexibility index (Phi) is 8.74. The first-order chi connectivity index (χ1) is 22.9. The van der Waals surface area contributed by atoms with Crippen molar-refractivity contribution in [1.82, 2.24) is 9.97 Å². The van der Waals surface area contributed by atoms with Gasteiger partial charge in [-0.25, -0.2) is 9.78 Å². The zero-order valence-corrected chi connectivity index (χ0v) is 27.8. The van der Waals surface area contributed by atoms with Crippen LogP contribution in [0.15, 0.2) is 84.9 Å². The number of aromatic nitrogens is 2. The van der Waals surface area contributed by atoms with Gasteiger partial charge in [0.25, 0.3) is 11.8 Å². The fourth-order valence-electron chi connectivity index (χ4n) is 5.90. The quantitative estimate of drug-likeness (QED) is 0.134. The average molecular weight is 637 g/mol. The lowest BCUT2D eigenvalue weighted by Gasteiger charge is -2.17. The van der Waals surface area contributed by atoms with Crippen LogP contribution in [0.2, 0.25) is 0 Å². The number of esters is 1. The zero-order valence-electron chi connectivity index (χ0n) is 27.8. The third-order valence-electron chi connectivity index (χ3n) is 8.18. The molecule has 0 atom stereocenters. The second-order valence-electron chi connectivity index (χ2n) is 12.4. The number of rotatable bonds is 7. The lowest BCUT2D eigenvalue weighted by molar-refractivity contribution is 0.0468. The SMILES string of the molecule is Cc1cc(C)cc(C(=O)Nc2cc(C(=O)OCc3ccc4ccc5ccc(C)nc5c4n3)cc(NC(=O)c3cc(C)cc(C)c3)c2C)c1. The number of hydrogen-bond acceptors (Lipinski definition) is 6. The largest absolute Gasteiger partial charge is 0.456 e. The van der Waals surface area contributed by atoms with Gasteiger partial charge in [-0.05, 0) is 95.6 Å². The van der Waals surface area contributed by atoms with Crippen LogP contribution in [0.5, 0.6) is 0 Å². The molecule has 8 nitrogen and oxygen atoms in total. The van der Waals surface area contributed by atoms with Crippen LogP contribution in [0.4, 0.5) is 11.4 Å². The standard InChI is InChI=1S/C40H36N4O4/c1-22-13-23(2)16-30(15-22)38(45)43-34-19-32(20-35(27(34)6)44-39(46)31-17-24(3)14-25(4)18-31)40(47)48-21-33-12-11-29-10-9-28-8-7-26(5)41-36(28)37(29)42-33/h7-20H,21H2,1-6H3,(H,43,45)(H,44,46). The minimum absolute atomic E-state index is 0.0840. The number of carbonyl (C=O) groups is 3. The summed E-state index contributed by atoms with van der Waals surface area (Å²) in [5, 5.41) is 7.80. The first-order valence-electron chi connectivity index (χ1n) is 15.7. The molecule has 2 amide bonds. The van der Waals surface area contributed by atoms with E-state index in [-0.39, 0.29) is 24.0 Å². The molecule has 0 fully saturated rings. The molecule has 4 aromatic carbocycles. The summed E-state index contributed by atoms with van der Waals surface area (Å²) in [4.78, 5) is 49.8. The number of benzene rings is 4. The molecule has 0 spiro atoms. The van der Waals surface area contributed by atoms with E-state index in [1.165, 1.54) is 0 Å². The normalized spacial score (nSPS) is 11.0. The molecule has 240 valence electrons. The summed E-state index contributed by atoms with van der Waals surface area (Å²) in [6, 6.07) is 26.0. The molecule has 0 bridgehead atoms. The van der Waals surface area contributed by atoms with Crippen molar-refractivity contribution >= 4 is 51.0 Å². The van der Waals surface area contributed by atoms with Gasteiger partial charge in [-0.15, -0.1) is 0 Å². The van der Waals surface area contributed by atoms with Gasteiger partial charge < -0.3 is 15.4 Å². The van der Waals surface area contributed by atoms with Crippen LogP contribution < -0.4 is 10.6 Å². The highest BCUT2D eigenvalue weighted by atomic mass is 16.5. The van der Waals surface area contributed by atoms with Gasteiger partial charge in [0.05, 0.1) is 22.3 Å². The summed E-state index contributed by atoms with van der Waals surface area (Å²) in [5.74, 6) is -1.30. The number of amides is 2. The van der Waals surface area contributed by atoms with E-state index in [2.05, 4.69) is 15.6 Å². The number of anilines is 2. The molecule has 48 heavy (non-hydrogen) atoms. The van der Waals surface area contributed by atoms with Crippen molar-refractivity contribution in [3.63, 3.8) is 0 Å². The third kappa shape index (κ3) is 6.93. The number of aryl methyl sites for hydroxylation is 5. The molecule has 0 radical (unpaired) electrons. The van der Waals surface area contributed by atoms with E-state index in [1.807, 2.05) is 83.1 Å². The Morgan fingerprint density at radius 1 is 0.562 bits per heavy atom. The topological polar surface area (TPSA) is 110 Å². The number of pyridine rings is 2. The maximum Gasteiger partial charge on any atom is 0.338 e. The molecular formula is C40H36N4O4. The summed E-state index contributed by atoms with van der Waals surface area (Å²) >= 11 is 0. The molecule has 0 aliphatic rings. The van der Waals surface area contributed by atoms with Gasteiger partial charge in [0.2, 0.25) is 0 Å². The molecule has 0 saturated carbocycles. The van der Waals surface area contributed by atoms with Crippen molar-refractivity contribution in [3.05, 3.63) is 141 Å². The van der Waals surface area contributed by atoms with Gasteiger partial charge in [0, 0.05) is 39.0 Å². The Balaban J connectivity index is 1.31. The minimum Gasteiger partial charge on any atom is -0.456 e. The second kappa shape index (κ2) is 13.1. The molecule has 8 heteroatoms. The average Bonchev–Trinajstić information content (AvgIpc) is 3.04. The highest BCUT2D eigenvalue weighted by Gasteiger charge is 2.19. The Morgan fingerprint density at radius 3 is 1.54 bits per heavy atom. The molecule has 6 rings (SSSR count). The van der Waals surface area contributed by atoms with Crippen molar-refractivity contribution < 1.29 is 19.1 Å². The zero-order chi connectivity index (χ0) is 34.1. The Hall–Kier alpha value is -5.89. The first kappa shape index (κ1) is 32.1. The van der Waals surface area contributed by atoms with Crippen LogP contribution in [-0.4, -0.2) is 27.8 Å². The molecule has 2 aromatic heterocycles. The van der Waals surface area contributed by atoms with Crippen LogP contribution in [0.3, 0.4) is 0 Å². The smallest absolute Gasteiger partial charge is 0.338 e. The molecule has 0 saturated heterocycles. The number of ether oxygens (including phenoxy) is 1. The van der Waals surface area contributed by atoms with E-state index in [0.29, 0.717) is 33.8 Å². The monoisotopic (exact) mass is 636 g/mol. The predicted octanol–water partition coefficient (Wildman–Crippen LogP) is 8.50. The Bertz CT molecular complexity index is 2150. The van der Waals surface area contributed by atoms with Crippen molar-refractivity contribution in [2.24, 2.45) is 0 Å².